The molecular formula is C22H30ClFN6OS. The van der Waals surface area contributed by atoms with Gasteiger partial charge in [-0.2, -0.15) is 4.68 Å². The van der Waals surface area contributed by atoms with Gasteiger partial charge in [0.05, 0.1) is 10.7 Å². The highest BCUT2D eigenvalue weighted by molar-refractivity contribution is 7.99. The van der Waals surface area contributed by atoms with Gasteiger partial charge in [-0.1, -0.05) is 29.6 Å². The van der Waals surface area contributed by atoms with Crippen molar-refractivity contribution in [1.29, 1.82) is 0 Å². The van der Waals surface area contributed by atoms with Gasteiger partial charge < -0.3 is 14.5 Å². The van der Waals surface area contributed by atoms with Crippen LogP contribution in [-0.2, 0) is 6.54 Å². The van der Waals surface area contributed by atoms with Crippen molar-refractivity contribution in [3.8, 4) is 0 Å². The molecule has 2 aliphatic rings. The van der Waals surface area contributed by atoms with Crippen LogP contribution in [0.15, 0.2) is 30.5 Å². The van der Waals surface area contributed by atoms with Crippen LogP contribution in [0, 0.1) is 0 Å². The average molecular weight is 481 g/mol. The van der Waals surface area contributed by atoms with Crippen LogP contribution in [0.25, 0.3) is 0 Å². The number of hydrogen-bond donors (Lipinski definition) is 1. The van der Waals surface area contributed by atoms with Gasteiger partial charge in [-0.05, 0) is 37.5 Å². The van der Waals surface area contributed by atoms with Crippen LogP contribution in [-0.4, -0.2) is 76.8 Å². The number of nitrogens with one attached hydrogen (secondary N) is 1. The summed E-state index contributed by atoms with van der Waals surface area (Å²) in [5, 5.41) is 5.02. The van der Waals surface area contributed by atoms with Gasteiger partial charge in [0.15, 0.2) is 5.82 Å². The number of amides is 1. The molecule has 0 radical (unpaired) electrons. The first-order chi connectivity index (χ1) is 15.4. The molecule has 7 nitrogen and oxygen atoms in total. The van der Waals surface area contributed by atoms with E-state index < -0.39 is 6.17 Å². The number of hydrogen-bond acceptors (Lipinski definition) is 6. The molecule has 0 saturated carbocycles. The Morgan fingerprint density at radius 2 is 2.03 bits per heavy atom. The minimum atomic E-state index is -0.705. The van der Waals surface area contributed by atoms with E-state index in [1.807, 2.05) is 17.2 Å². The normalized spacial score (nSPS) is 20.6. The number of nitrogens with zero attached hydrogens (tertiary/aromatic N) is 5. The van der Waals surface area contributed by atoms with Crippen molar-refractivity contribution in [3.63, 3.8) is 0 Å². The Labute approximate surface area is 198 Å². The van der Waals surface area contributed by atoms with Crippen LogP contribution in [0.1, 0.15) is 25.3 Å². The largest absolute Gasteiger partial charge is 0.370 e. The number of carbonyl (C=O) groups excluding carboxylic acids is 1. The van der Waals surface area contributed by atoms with Crippen LogP contribution in [0.2, 0.25) is 5.02 Å². The summed E-state index contributed by atoms with van der Waals surface area (Å²) in [6, 6.07) is 7.90. The van der Waals surface area contributed by atoms with Gasteiger partial charge in [-0.15, -0.1) is 5.10 Å². The average Bonchev–Trinajstić information content (AvgIpc) is 3.24. The first-order valence-electron chi connectivity index (χ1n) is 11.0. The van der Waals surface area contributed by atoms with Gasteiger partial charge >= 0.3 is 6.03 Å². The number of aromatic nitrogens is 2. The molecule has 2 saturated heterocycles. The number of piperidine rings is 1. The highest BCUT2D eigenvalue weighted by Crippen LogP contribution is 2.30. The summed E-state index contributed by atoms with van der Waals surface area (Å²) in [6.07, 6.45) is 4.01. The number of rotatable bonds is 5. The smallest absolute Gasteiger partial charge is 0.345 e. The number of alkyl halides is 1. The number of anilines is 2. The quantitative estimate of drug-likeness (QED) is 0.642. The summed E-state index contributed by atoms with van der Waals surface area (Å²) in [5.41, 5.74) is 2.17. The highest BCUT2D eigenvalue weighted by Gasteiger charge is 2.29. The maximum Gasteiger partial charge on any atom is 0.345 e. The Hall–Kier alpha value is -1.97. The van der Waals surface area contributed by atoms with Crippen LogP contribution < -0.4 is 9.62 Å². The SMILES string of the molecule is CSNc1ccn(C(=O)N2CCN(Cc3ccc(Cl)c(N4CCC(F)CC4)c3)CC2C)n1. The van der Waals surface area contributed by atoms with Crippen LogP contribution in [0.3, 0.4) is 0 Å². The molecule has 3 heterocycles. The third kappa shape index (κ3) is 5.32. The second-order valence-corrected chi connectivity index (χ2v) is 9.48. The number of halogens is 2. The fraction of sp³-hybridized carbons (Fsp3) is 0.545. The first-order valence-corrected chi connectivity index (χ1v) is 12.6. The summed E-state index contributed by atoms with van der Waals surface area (Å²) in [5.74, 6) is 0.673. The van der Waals surface area contributed by atoms with Crippen molar-refractivity contribution < 1.29 is 9.18 Å². The van der Waals surface area contributed by atoms with Crippen molar-refractivity contribution in [1.82, 2.24) is 19.6 Å². The van der Waals surface area contributed by atoms with E-state index in [9.17, 15) is 9.18 Å². The molecule has 32 heavy (non-hydrogen) atoms. The van der Waals surface area contributed by atoms with Crippen molar-refractivity contribution >= 4 is 41.1 Å². The summed E-state index contributed by atoms with van der Waals surface area (Å²) in [6.45, 7) is 6.48. The molecule has 1 unspecified atom stereocenters. The molecule has 1 aromatic heterocycles. The van der Waals surface area contributed by atoms with E-state index in [1.54, 1.807) is 12.3 Å². The van der Waals surface area contributed by atoms with Gasteiger partial charge in [0.1, 0.15) is 6.17 Å². The summed E-state index contributed by atoms with van der Waals surface area (Å²) >= 11 is 7.90. The zero-order valence-corrected chi connectivity index (χ0v) is 20.1. The highest BCUT2D eigenvalue weighted by atomic mass is 35.5. The van der Waals surface area contributed by atoms with Gasteiger partial charge in [0, 0.05) is 63.8 Å². The van der Waals surface area contributed by atoms with E-state index in [0.29, 0.717) is 43.3 Å². The Balaban J connectivity index is 1.36. The maximum absolute atomic E-state index is 13.5. The summed E-state index contributed by atoms with van der Waals surface area (Å²) < 4.78 is 18.0. The lowest BCUT2D eigenvalue weighted by atomic mass is 10.1. The van der Waals surface area contributed by atoms with Crippen molar-refractivity contribution in [2.45, 2.75) is 38.5 Å². The fourth-order valence-corrected chi connectivity index (χ4v) is 4.98. The second-order valence-electron chi connectivity index (χ2n) is 8.46. The van der Waals surface area contributed by atoms with E-state index in [-0.39, 0.29) is 12.1 Å². The summed E-state index contributed by atoms with van der Waals surface area (Å²) in [7, 11) is 0. The maximum atomic E-state index is 13.5. The standard InChI is InChI=1S/C22H30ClFN6OS/c1-16-14-27(11-12-29(16)22(31)30-10-7-21(25-30)26-32-2)15-17-3-4-19(23)20(13-17)28-8-5-18(24)6-9-28/h3-4,7,10,13,16,18H,5-6,8-9,11-12,14-15H2,1-2H3,(H,25,26). The lowest BCUT2D eigenvalue weighted by Crippen LogP contribution is -2.54. The van der Waals surface area contributed by atoms with E-state index in [4.69, 9.17) is 11.6 Å². The van der Waals surface area contributed by atoms with Crippen LogP contribution in [0.4, 0.5) is 20.7 Å². The number of benzene rings is 1. The van der Waals surface area contributed by atoms with Gasteiger partial charge in [-0.25, -0.2) is 9.18 Å². The molecule has 0 bridgehead atoms. The molecule has 2 aromatic rings. The molecular weight excluding hydrogens is 451 g/mol. The molecule has 0 spiro atoms. The predicted molar refractivity (Wildman–Crippen MR) is 129 cm³/mol. The lowest BCUT2D eigenvalue weighted by molar-refractivity contribution is 0.0968. The Kier molecular flexibility index (Phi) is 7.48. The van der Waals surface area contributed by atoms with Gasteiger partial charge in [0.2, 0.25) is 0 Å². The molecule has 1 N–H and O–H groups in total. The monoisotopic (exact) mass is 480 g/mol. The predicted octanol–water partition coefficient (Wildman–Crippen LogP) is 4.34. The molecule has 2 aliphatic heterocycles. The van der Waals surface area contributed by atoms with Gasteiger partial charge in [-0.3, -0.25) is 4.90 Å². The van der Waals surface area contributed by atoms with E-state index in [1.165, 1.54) is 22.2 Å². The topological polar surface area (TPSA) is 56.6 Å². The molecule has 1 atom stereocenters. The molecule has 2 fully saturated rings. The first kappa shape index (κ1) is 23.2. The molecule has 0 aliphatic carbocycles. The van der Waals surface area contributed by atoms with Crippen molar-refractivity contribution in [2.75, 3.05) is 48.6 Å². The second kappa shape index (κ2) is 10.3. The Bertz CT molecular complexity index is 935. The zero-order valence-electron chi connectivity index (χ0n) is 18.5. The number of carbonyl (C=O) groups is 1. The van der Waals surface area contributed by atoms with Crippen LogP contribution >= 0.6 is 23.5 Å². The van der Waals surface area contributed by atoms with E-state index in [2.05, 4.69) is 38.7 Å². The lowest BCUT2D eigenvalue weighted by Gasteiger charge is -2.39. The third-order valence-electron chi connectivity index (χ3n) is 6.13. The minimum Gasteiger partial charge on any atom is -0.370 e. The molecule has 1 amide bonds. The molecule has 4 rings (SSSR count). The minimum absolute atomic E-state index is 0.0766. The number of piperazine rings is 1. The molecule has 1 aromatic carbocycles. The Morgan fingerprint density at radius 3 is 2.75 bits per heavy atom. The molecule has 10 heteroatoms. The van der Waals surface area contributed by atoms with Crippen molar-refractivity contribution in [2.24, 2.45) is 0 Å². The fourth-order valence-electron chi connectivity index (χ4n) is 4.43. The van der Waals surface area contributed by atoms with E-state index in [0.717, 1.165) is 25.3 Å². The molecule has 174 valence electrons. The van der Waals surface area contributed by atoms with Gasteiger partial charge in [0.25, 0.3) is 0 Å². The van der Waals surface area contributed by atoms with Crippen LogP contribution in [0.5, 0.6) is 0 Å². The van der Waals surface area contributed by atoms with E-state index >= 15 is 0 Å². The summed E-state index contributed by atoms with van der Waals surface area (Å²) in [4.78, 5) is 19.3. The zero-order chi connectivity index (χ0) is 22.7. The third-order valence-corrected chi connectivity index (χ3v) is 6.86. The van der Waals surface area contributed by atoms with Crippen molar-refractivity contribution in [3.05, 3.63) is 41.0 Å². The Morgan fingerprint density at radius 1 is 1.25 bits per heavy atom.